The van der Waals surface area contributed by atoms with Crippen molar-refractivity contribution in [1.29, 1.82) is 0 Å². The van der Waals surface area contributed by atoms with E-state index in [1.165, 1.54) is 37.1 Å². The van der Waals surface area contributed by atoms with Crippen LogP contribution in [-0.4, -0.2) is 33.4 Å². The first-order valence-electron chi connectivity index (χ1n) is 6.23. The van der Waals surface area contributed by atoms with Crippen LogP contribution in [0.15, 0.2) is 40.1 Å². The molecule has 8 heteroatoms. The molecule has 7 nitrogen and oxygen atoms in total. The summed E-state index contributed by atoms with van der Waals surface area (Å²) in [7, 11) is 1.31. The van der Waals surface area contributed by atoms with Crippen LogP contribution in [0.3, 0.4) is 0 Å². The summed E-state index contributed by atoms with van der Waals surface area (Å²) in [4.78, 5) is 23.8. The van der Waals surface area contributed by atoms with Crippen LogP contribution in [0.25, 0.3) is 0 Å². The Morgan fingerprint density at radius 1 is 1.24 bits per heavy atom. The number of nitrogens with zero attached hydrogens (tertiary/aromatic N) is 2. The lowest BCUT2D eigenvalue weighted by molar-refractivity contribution is 0.413. The van der Waals surface area contributed by atoms with E-state index in [2.05, 4.69) is 0 Å². The molecule has 110 valence electrons. The number of ether oxygens (including phenoxy) is 1. The highest BCUT2D eigenvalue weighted by Gasteiger charge is 2.18. The Labute approximate surface area is 120 Å². The molecule has 2 aromatic rings. The third kappa shape index (κ3) is 3.06. The van der Waals surface area contributed by atoms with E-state index in [4.69, 9.17) is 4.74 Å². The third-order valence-electron chi connectivity index (χ3n) is 3.20. The highest BCUT2D eigenvalue weighted by molar-refractivity contribution is 6.59. The number of hydrogen-bond donors (Lipinski definition) is 2. The first-order chi connectivity index (χ1) is 9.93. The van der Waals surface area contributed by atoms with Gasteiger partial charge in [-0.3, -0.25) is 9.36 Å². The summed E-state index contributed by atoms with van der Waals surface area (Å²) >= 11 is 0. The molecule has 0 aliphatic carbocycles. The minimum atomic E-state index is -1.70. The maximum absolute atomic E-state index is 12.0. The predicted octanol–water partition coefficient (Wildman–Crippen LogP) is -1.72. The van der Waals surface area contributed by atoms with Gasteiger partial charge in [-0.05, 0) is 23.2 Å². The largest absolute Gasteiger partial charge is 0.497 e. The lowest BCUT2D eigenvalue weighted by Gasteiger charge is -2.12. The zero-order valence-corrected chi connectivity index (χ0v) is 11.7. The molecule has 0 fully saturated rings. The molecule has 2 rings (SSSR count). The lowest BCUT2D eigenvalue weighted by Crippen LogP contribution is -2.41. The molecule has 0 unspecified atom stereocenters. The summed E-state index contributed by atoms with van der Waals surface area (Å²) < 4.78 is 7.37. The number of hydrogen-bond acceptors (Lipinski definition) is 5. The standard InChI is InChI=1S/C13H15BN2O5/c1-15-6-5-12(17)16(13(15)18)8-9-7-10(21-2)3-4-11(9)14(19)20/h3-7,19-20H,8H2,1-2H3. The normalized spacial score (nSPS) is 10.5. The van der Waals surface area contributed by atoms with Gasteiger partial charge in [-0.15, -0.1) is 0 Å². The SMILES string of the molecule is COc1ccc(B(O)O)c(Cn2c(=O)ccn(C)c2=O)c1. The van der Waals surface area contributed by atoms with Gasteiger partial charge in [0.05, 0.1) is 13.7 Å². The van der Waals surface area contributed by atoms with Crippen LogP contribution in [-0.2, 0) is 13.6 Å². The van der Waals surface area contributed by atoms with E-state index < -0.39 is 18.4 Å². The van der Waals surface area contributed by atoms with Gasteiger partial charge in [-0.25, -0.2) is 4.79 Å². The molecule has 1 heterocycles. The zero-order chi connectivity index (χ0) is 15.6. The van der Waals surface area contributed by atoms with E-state index >= 15 is 0 Å². The van der Waals surface area contributed by atoms with Gasteiger partial charge >= 0.3 is 12.8 Å². The van der Waals surface area contributed by atoms with Gasteiger partial charge < -0.3 is 19.4 Å². The van der Waals surface area contributed by atoms with Crippen molar-refractivity contribution < 1.29 is 14.8 Å². The van der Waals surface area contributed by atoms with Crippen LogP contribution in [0.5, 0.6) is 5.75 Å². The van der Waals surface area contributed by atoms with E-state index in [-0.39, 0.29) is 12.0 Å². The molecule has 0 saturated carbocycles. The highest BCUT2D eigenvalue weighted by atomic mass is 16.5. The quantitative estimate of drug-likeness (QED) is 0.654. The Morgan fingerprint density at radius 2 is 1.95 bits per heavy atom. The Kier molecular flexibility index (Phi) is 4.30. The van der Waals surface area contributed by atoms with Crippen LogP contribution < -0.4 is 21.4 Å². The summed E-state index contributed by atoms with van der Waals surface area (Å²) in [5.41, 5.74) is -0.300. The van der Waals surface area contributed by atoms with Crippen molar-refractivity contribution >= 4 is 12.6 Å². The Hall–Kier alpha value is -2.32. The smallest absolute Gasteiger partial charge is 0.488 e. The minimum Gasteiger partial charge on any atom is -0.497 e. The average molecular weight is 290 g/mol. The second-order valence-corrected chi connectivity index (χ2v) is 4.57. The highest BCUT2D eigenvalue weighted by Crippen LogP contribution is 2.11. The second kappa shape index (κ2) is 5.98. The summed E-state index contributed by atoms with van der Waals surface area (Å²) in [6, 6.07) is 5.89. The van der Waals surface area contributed by atoms with Gasteiger partial charge in [0, 0.05) is 19.3 Å². The minimum absolute atomic E-state index is 0.0729. The van der Waals surface area contributed by atoms with Gasteiger partial charge in [0.15, 0.2) is 0 Å². The molecule has 0 amide bonds. The molecule has 0 aliphatic rings. The van der Waals surface area contributed by atoms with Crippen molar-refractivity contribution in [2.45, 2.75) is 6.54 Å². The molecule has 2 N–H and O–H groups in total. The third-order valence-corrected chi connectivity index (χ3v) is 3.20. The van der Waals surface area contributed by atoms with Crippen molar-refractivity contribution in [1.82, 2.24) is 9.13 Å². The second-order valence-electron chi connectivity index (χ2n) is 4.57. The van der Waals surface area contributed by atoms with E-state index in [0.717, 1.165) is 4.57 Å². The molecular formula is C13H15BN2O5. The topological polar surface area (TPSA) is 93.7 Å². The number of aromatic nitrogens is 2. The molecule has 1 aromatic carbocycles. The molecule has 0 radical (unpaired) electrons. The van der Waals surface area contributed by atoms with Gasteiger partial charge in [0.1, 0.15) is 5.75 Å². The first-order valence-corrected chi connectivity index (χ1v) is 6.23. The number of benzene rings is 1. The molecule has 0 bridgehead atoms. The predicted molar refractivity (Wildman–Crippen MR) is 77.9 cm³/mol. The van der Waals surface area contributed by atoms with Crippen LogP contribution in [0.1, 0.15) is 5.56 Å². The maximum Gasteiger partial charge on any atom is 0.488 e. The van der Waals surface area contributed by atoms with E-state index in [9.17, 15) is 19.6 Å². The number of rotatable bonds is 4. The Bertz CT molecular complexity index is 766. The van der Waals surface area contributed by atoms with E-state index in [1.807, 2.05) is 0 Å². The monoisotopic (exact) mass is 290 g/mol. The number of aryl methyl sites for hydroxylation is 1. The fraction of sp³-hybridized carbons (Fsp3) is 0.231. The van der Waals surface area contributed by atoms with Gasteiger partial charge in [-0.1, -0.05) is 6.07 Å². The van der Waals surface area contributed by atoms with Gasteiger partial charge in [0.2, 0.25) is 0 Å². The fourth-order valence-corrected chi connectivity index (χ4v) is 2.03. The Morgan fingerprint density at radius 3 is 2.57 bits per heavy atom. The van der Waals surface area contributed by atoms with Crippen molar-refractivity contribution in [3.63, 3.8) is 0 Å². The summed E-state index contributed by atoms with van der Waals surface area (Å²) in [5.74, 6) is 0.496. The van der Waals surface area contributed by atoms with Crippen LogP contribution in [0.2, 0.25) is 0 Å². The molecule has 21 heavy (non-hydrogen) atoms. The molecule has 1 aromatic heterocycles. The average Bonchev–Trinajstić information content (AvgIpc) is 2.47. The Balaban J connectivity index is 2.56. The molecular weight excluding hydrogens is 275 g/mol. The fourth-order valence-electron chi connectivity index (χ4n) is 2.03. The summed E-state index contributed by atoms with van der Waals surface area (Å²) in [6.45, 7) is -0.0729. The van der Waals surface area contributed by atoms with Crippen LogP contribution in [0, 0.1) is 0 Å². The zero-order valence-electron chi connectivity index (χ0n) is 11.7. The maximum atomic E-state index is 12.0. The summed E-state index contributed by atoms with van der Waals surface area (Å²) in [6.07, 6.45) is 1.38. The number of methoxy groups -OCH3 is 1. The van der Waals surface area contributed by atoms with Gasteiger partial charge in [0.25, 0.3) is 5.56 Å². The van der Waals surface area contributed by atoms with Crippen LogP contribution >= 0.6 is 0 Å². The van der Waals surface area contributed by atoms with Crippen molar-refractivity contribution in [3.05, 3.63) is 56.9 Å². The molecule has 0 spiro atoms. The van der Waals surface area contributed by atoms with Crippen molar-refractivity contribution in [3.8, 4) is 5.75 Å². The molecule has 0 aliphatic heterocycles. The van der Waals surface area contributed by atoms with E-state index in [0.29, 0.717) is 11.3 Å². The molecule has 0 saturated heterocycles. The van der Waals surface area contributed by atoms with Crippen molar-refractivity contribution in [2.24, 2.45) is 7.05 Å². The van der Waals surface area contributed by atoms with Gasteiger partial charge in [-0.2, -0.15) is 0 Å². The van der Waals surface area contributed by atoms with Crippen molar-refractivity contribution in [2.75, 3.05) is 7.11 Å². The lowest BCUT2D eigenvalue weighted by atomic mass is 9.77. The molecule has 0 atom stereocenters. The van der Waals surface area contributed by atoms with E-state index in [1.54, 1.807) is 12.1 Å². The first kappa shape index (κ1) is 15.1. The van der Waals surface area contributed by atoms with Crippen LogP contribution in [0.4, 0.5) is 0 Å². The summed E-state index contributed by atoms with van der Waals surface area (Å²) in [5, 5.41) is 18.8.